The lowest BCUT2D eigenvalue weighted by molar-refractivity contribution is -0.114. The molecule has 0 atom stereocenters. The van der Waals surface area contributed by atoms with Gasteiger partial charge in [0, 0.05) is 48.5 Å². The van der Waals surface area contributed by atoms with Crippen molar-refractivity contribution in [2.24, 2.45) is 0 Å². The van der Waals surface area contributed by atoms with Crippen LogP contribution in [0.25, 0.3) is 0 Å². The summed E-state index contributed by atoms with van der Waals surface area (Å²) in [5, 5.41) is 4.65. The van der Waals surface area contributed by atoms with Gasteiger partial charge in [-0.25, -0.2) is 0 Å². The van der Waals surface area contributed by atoms with Crippen molar-refractivity contribution in [3.05, 3.63) is 23.8 Å². The Balaban J connectivity index is 2.90. The molecule has 0 unspecified atom stereocenters. The first-order valence-electron chi connectivity index (χ1n) is 6.39. The minimum absolute atomic E-state index is 0.0705. The number of halogens is 2. The van der Waals surface area contributed by atoms with E-state index in [1.54, 1.807) is 7.11 Å². The number of ether oxygens (including phenoxy) is 1. The topological polar surface area (TPSA) is 41.6 Å². The van der Waals surface area contributed by atoms with Gasteiger partial charge in [-0.15, -0.1) is 0 Å². The monoisotopic (exact) mass is 406 g/mol. The molecule has 0 radical (unpaired) electrons. The van der Waals surface area contributed by atoms with Gasteiger partial charge in [0.2, 0.25) is 5.91 Å². The Labute approximate surface area is 137 Å². The standard InChI is InChI=1S/C14H20Br2N2O2/c1-11(19)17-13-3-4-14(20-2)12(9-13)10-18(7-5-15)8-6-16/h3-4,9H,5-8,10H2,1-2H3,(H,17,19). The molecule has 112 valence electrons. The molecule has 0 aliphatic heterocycles. The molecule has 0 aliphatic carbocycles. The van der Waals surface area contributed by atoms with Crippen LogP contribution < -0.4 is 10.1 Å². The van der Waals surface area contributed by atoms with Crippen molar-refractivity contribution < 1.29 is 9.53 Å². The molecular weight excluding hydrogens is 388 g/mol. The van der Waals surface area contributed by atoms with Crippen molar-refractivity contribution in [2.45, 2.75) is 13.5 Å². The highest BCUT2D eigenvalue weighted by Crippen LogP contribution is 2.24. The van der Waals surface area contributed by atoms with E-state index in [0.29, 0.717) is 0 Å². The third-order valence-electron chi connectivity index (χ3n) is 2.80. The van der Waals surface area contributed by atoms with Crippen molar-refractivity contribution in [3.8, 4) is 5.75 Å². The van der Waals surface area contributed by atoms with Gasteiger partial charge >= 0.3 is 0 Å². The van der Waals surface area contributed by atoms with Gasteiger partial charge in [-0.2, -0.15) is 0 Å². The zero-order chi connectivity index (χ0) is 15.0. The van der Waals surface area contributed by atoms with Crippen LogP contribution in [0.5, 0.6) is 5.75 Å². The van der Waals surface area contributed by atoms with Gasteiger partial charge in [0.25, 0.3) is 0 Å². The second kappa shape index (κ2) is 9.37. The number of carbonyl (C=O) groups is 1. The molecule has 1 aromatic rings. The summed E-state index contributed by atoms with van der Waals surface area (Å²) in [5.74, 6) is 0.770. The summed E-state index contributed by atoms with van der Waals surface area (Å²) in [6, 6.07) is 5.71. The van der Waals surface area contributed by atoms with Gasteiger partial charge in [0.05, 0.1) is 7.11 Å². The average Bonchev–Trinajstić information content (AvgIpc) is 2.39. The molecule has 1 aromatic carbocycles. The fourth-order valence-corrected chi connectivity index (χ4v) is 2.94. The molecule has 0 spiro atoms. The Kier molecular flexibility index (Phi) is 8.18. The number of rotatable bonds is 8. The lowest BCUT2D eigenvalue weighted by atomic mass is 10.1. The maximum absolute atomic E-state index is 11.1. The number of nitrogens with one attached hydrogen (secondary N) is 1. The predicted molar refractivity (Wildman–Crippen MR) is 90.2 cm³/mol. The Hall–Kier alpha value is -0.590. The lowest BCUT2D eigenvalue weighted by Crippen LogP contribution is -2.27. The van der Waals surface area contributed by atoms with Crippen LogP contribution in [0.4, 0.5) is 5.69 Å². The van der Waals surface area contributed by atoms with Gasteiger partial charge in [-0.3, -0.25) is 9.69 Å². The first-order chi connectivity index (χ1) is 9.60. The highest BCUT2D eigenvalue weighted by Gasteiger charge is 2.10. The summed E-state index contributed by atoms with van der Waals surface area (Å²) < 4.78 is 5.40. The molecule has 0 saturated heterocycles. The second-order valence-electron chi connectivity index (χ2n) is 4.36. The van der Waals surface area contributed by atoms with E-state index in [1.165, 1.54) is 6.92 Å². The summed E-state index contributed by atoms with van der Waals surface area (Å²) in [4.78, 5) is 13.5. The lowest BCUT2D eigenvalue weighted by Gasteiger charge is -2.22. The van der Waals surface area contributed by atoms with E-state index in [0.717, 1.165) is 47.3 Å². The zero-order valence-corrected chi connectivity index (χ0v) is 15.0. The molecule has 20 heavy (non-hydrogen) atoms. The number of benzene rings is 1. The Morgan fingerprint density at radius 3 is 2.45 bits per heavy atom. The summed E-state index contributed by atoms with van der Waals surface area (Å²) in [6.07, 6.45) is 0. The third-order valence-corrected chi connectivity index (χ3v) is 3.51. The van der Waals surface area contributed by atoms with Crippen molar-refractivity contribution in [3.63, 3.8) is 0 Å². The SMILES string of the molecule is COc1ccc(NC(C)=O)cc1CN(CCBr)CCBr. The molecule has 0 heterocycles. The average molecular weight is 408 g/mol. The van der Waals surface area contributed by atoms with E-state index in [2.05, 4.69) is 42.1 Å². The maximum Gasteiger partial charge on any atom is 0.221 e. The summed E-state index contributed by atoms with van der Waals surface area (Å²) >= 11 is 6.94. The second-order valence-corrected chi connectivity index (χ2v) is 5.95. The first kappa shape index (κ1) is 17.5. The van der Waals surface area contributed by atoms with E-state index in [1.807, 2.05) is 18.2 Å². The summed E-state index contributed by atoms with van der Waals surface area (Å²) in [6.45, 7) is 4.21. The number of alkyl halides is 2. The fourth-order valence-electron chi connectivity index (χ4n) is 1.93. The normalized spacial score (nSPS) is 10.7. The van der Waals surface area contributed by atoms with Crippen molar-refractivity contribution in [2.75, 3.05) is 36.2 Å². The minimum atomic E-state index is -0.0705. The summed E-state index contributed by atoms with van der Waals surface area (Å²) in [5.41, 5.74) is 1.87. The van der Waals surface area contributed by atoms with Gasteiger partial charge in [0.1, 0.15) is 5.75 Å². The molecule has 4 nitrogen and oxygen atoms in total. The molecule has 0 saturated carbocycles. The Bertz CT molecular complexity index is 435. The Morgan fingerprint density at radius 1 is 1.30 bits per heavy atom. The van der Waals surface area contributed by atoms with E-state index < -0.39 is 0 Å². The highest BCUT2D eigenvalue weighted by molar-refractivity contribution is 9.09. The molecule has 1 amide bonds. The molecule has 0 aliphatic rings. The van der Waals surface area contributed by atoms with Crippen LogP contribution >= 0.6 is 31.9 Å². The van der Waals surface area contributed by atoms with Gasteiger partial charge in [-0.05, 0) is 18.2 Å². The maximum atomic E-state index is 11.1. The van der Waals surface area contributed by atoms with Crippen LogP contribution in [0.2, 0.25) is 0 Å². The number of nitrogens with zero attached hydrogens (tertiary/aromatic N) is 1. The number of anilines is 1. The largest absolute Gasteiger partial charge is 0.496 e. The van der Waals surface area contributed by atoms with Crippen LogP contribution in [0.1, 0.15) is 12.5 Å². The minimum Gasteiger partial charge on any atom is -0.496 e. The first-order valence-corrected chi connectivity index (χ1v) is 8.63. The van der Waals surface area contributed by atoms with Gasteiger partial charge < -0.3 is 10.1 Å². The molecule has 0 fully saturated rings. The smallest absolute Gasteiger partial charge is 0.221 e. The number of hydrogen-bond acceptors (Lipinski definition) is 3. The Morgan fingerprint density at radius 2 is 1.95 bits per heavy atom. The van der Waals surface area contributed by atoms with Crippen LogP contribution in [-0.2, 0) is 11.3 Å². The van der Waals surface area contributed by atoms with E-state index >= 15 is 0 Å². The molecule has 1 rings (SSSR count). The van der Waals surface area contributed by atoms with Gasteiger partial charge in [-0.1, -0.05) is 31.9 Å². The van der Waals surface area contributed by atoms with Crippen LogP contribution in [0.3, 0.4) is 0 Å². The number of carbonyl (C=O) groups excluding carboxylic acids is 1. The molecule has 0 bridgehead atoms. The molecular formula is C14H20Br2N2O2. The van der Waals surface area contributed by atoms with Crippen LogP contribution in [0, 0.1) is 0 Å². The quantitative estimate of drug-likeness (QED) is 0.672. The number of amides is 1. The molecule has 1 N–H and O–H groups in total. The van der Waals surface area contributed by atoms with E-state index in [-0.39, 0.29) is 5.91 Å². The van der Waals surface area contributed by atoms with Crippen molar-refractivity contribution in [1.29, 1.82) is 0 Å². The van der Waals surface area contributed by atoms with Crippen molar-refractivity contribution >= 4 is 43.5 Å². The molecule has 6 heteroatoms. The fraction of sp³-hybridized carbons (Fsp3) is 0.500. The van der Waals surface area contributed by atoms with E-state index in [4.69, 9.17) is 4.74 Å². The molecule has 0 aromatic heterocycles. The van der Waals surface area contributed by atoms with Crippen LogP contribution in [-0.4, -0.2) is 41.7 Å². The zero-order valence-electron chi connectivity index (χ0n) is 11.8. The number of methoxy groups -OCH3 is 1. The van der Waals surface area contributed by atoms with E-state index in [9.17, 15) is 4.79 Å². The third kappa shape index (κ3) is 5.81. The predicted octanol–water partition coefficient (Wildman–Crippen LogP) is 3.25. The van der Waals surface area contributed by atoms with Crippen molar-refractivity contribution in [1.82, 2.24) is 4.90 Å². The van der Waals surface area contributed by atoms with Gasteiger partial charge in [0.15, 0.2) is 0 Å². The number of hydrogen-bond donors (Lipinski definition) is 1. The summed E-state index contributed by atoms with van der Waals surface area (Å²) in [7, 11) is 1.66. The highest BCUT2D eigenvalue weighted by atomic mass is 79.9. The van der Waals surface area contributed by atoms with Crippen LogP contribution in [0.15, 0.2) is 18.2 Å².